The van der Waals surface area contributed by atoms with Crippen molar-refractivity contribution >= 4 is 0 Å². The Bertz CT molecular complexity index is 351. The third-order valence-electron chi connectivity index (χ3n) is 3.92. The fourth-order valence-corrected chi connectivity index (χ4v) is 2.61. The number of rotatable bonds is 11. The van der Waals surface area contributed by atoms with E-state index in [-0.39, 0.29) is 11.9 Å². The molecule has 1 rings (SSSR count). The van der Waals surface area contributed by atoms with Gasteiger partial charge in [0.25, 0.3) is 0 Å². The van der Waals surface area contributed by atoms with Gasteiger partial charge in [-0.1, -0.05) is 82.9 Å². The number of halogens is 1. The summed E-state index contributed by atoms with van der Waals surface area (Å²) in [6, 6.07) is 6.71. The Balaban J connectivity index is 2.03. The van der Waals surface area contributed by atoms with Crippen molar-refractivity contribution in [2.75, 3.05) is 0 Å². The highest BCUT2D eigenvalue weighted by atomic mass is 19.1. The van der Waals surface area contributed by atoms with Crippen LogP contribution in [0.15, 0.2) is 24.3 Å². The second kappa shape index (κ2) is 10.8. The Hall–Kier alpha value is -0.890. The largest absolute Gasteiger partial charge is 0.324 e. The van der Waals surface area contributed by atoms with E-state index in [1.807, 2.05) is 6.07 Å². The van der Waals surface area contributed by atoms with Crippen LogP contribution in [0.25, 0.3) is 0 Å². The van der Waals surface area contributed by atoms with Gasteiger partial charge in [0, 0.05) is 11.6 Å². The van der Waals surface area contributed by atoms with Crippen molar-refractivity contribution in [3.05, 3.63) is 35.6 Å². The van der Waals surface area contributed by atoms with Crippen LogP contribution < -0.4 is 5.73 Å². The zero-order valence-electron chi connectivity index (χ0n) is 12.9. The van der Waals surface area contributed by atoms with Gasteiger partial charge in [0.1, 0.15) is 5.82 Å². The first-order valence-corrected chi connectivity index (χ1v) is 8.25. The van der Waals surface area contributed by atoms with Crippen molar-refractivity contribution < 1.29 is 4.39 Å². The SMILES string of the molecule is CCCCCCCCCCCC(N)c1ccccc1F. The summed E-state index contributed by atoms with van der Waals surface area (Å²) in [5, 5.41) is 0. The molecule has 114 valence electrons. The fraction of sp³-hybridized carbons (Fsp3) is 0.667. The molecule has 0 aliphatic heterocycles. The molecule has 0 aromatic heterocycles. The summed E-state index contributed by atoms with van der Waals surface area (Å²) in [6.45, 7) is 2.25. The molecule has 0 bridgehead atoms. The zero-order chi connectivity index (χ0) is 14.6. The molecular formula is C18H30FN. The number of benzene rings is 1. The van der Waals surface area contributed by atoms with E-state index in [9.17, 15) is 4.39 Å². The van der Waals surface area contributed by atoms with E-state index >= 15 is 0 Å². The molecule has 0 amide bonds. The molecule has 0 aliphatic rings. The van der Waals surface area contributed by atoms with Gasteiger partial charge in [0.05, 0.1) is 0 Å². The molecule has 1 aromatic rings. The molecule has 1 aromatic carbocycles. The quantitative estimate of drug-likeness (QED) is 0.513. The number of unbranched alkanes of at least 4 members (excludes halogenated alkanes) is 8. The molecule has 0 spiro atoms. The lowest BCUT2D eigenvalue weighted by molar-refractivity contribution is 0.516. The van der Waals surface area contributed by atoms with E-state index in [1.54, 1.807) is 12.1 Å². The monoisotopic (exact) mass is 279 g/mol. The number of nitrogens with two attached hydrogens (primary N) is 1. The summed E-state index contributed by atoms with van der Waals surface area (Å²) in [4.78, 5) is 0. The molecular weight excluding hydrogens is 249 g/mol. The van der Waals surface area contributed by atoms with Gasteiger partial charge < -0.3 is 5.73 Å². The summed E-state index contributed by atoms with van der Waals surface area (Å²) in [6.07, 6.45) is 12.6. The van der Waals surface area contributed by atoms with E-state index in [0.717, 1.165) is 12.8 Å². The fourth-order valence-electron chi connectivity index (χ4n) is 2.61. The molecule has 0 saturated carbocycles. The molecule has 0 radical (unpaired) electrons. The summed E-state index contributed by atoms with van der Waals surface area (Å²) in [7, 11) is 0. The van der Waals surface area contributed by atoms with Crippen LogP contribution in [-0.4, -0.2) is 0 Å². The third-order valence-corrected chi connectivity index (χ3v) is 3.92. The van der Waals surface area contributed by atoms with Crippen LogP contribution in [0.5, 0.6) is 0 Å². The highest BCUT2D eigenvalue weighted by Crippen LogP contribution is 2.20. The first kappa shape index (κ1) is 17.2. The first-order valence-electron chi connectivity index (χ1n) is 8.25. The minimum atomic E-state index is -0.170. The number of hydrogen-bond donors (Lipinski definition) is 1. The molecule has 1 atom stereocenters. The van der Waals surface area contributed by atoms with Gasteiger partial charge in [0.15, 0.2) is 0 Å². The topological polar surface area (TPSA) is 26.0 Å². The number of hydrogen-bond acceptors (Lipinski definition) is 1. The second-order valence-corrected chi connectivity index (χ2v) is 5.75. The van der Waals surface area contributed by atoms with Crippen molar-refractivity contribution in [1.29, 1.82) is 0 Å². The summed E-state index contributed by atoms with van der Waals surface area (Å²) < 4.78 is 13.5. The van der Waals surface area contributed by atoms with Crippen molar-refractivity contribution in [2.24, 2.45) is 5.73 Å². The predicted molar refractivity (Wildman–Crippen MR) is 85.2 cm³/mol. The lowest BCUT2D eigenvalue weighted by Gasteiger charge is -2.12. The molecule has 0 fully saturated rings. The lowest BCUT2D eigenvalue weighted by Crippen LogP contribution is -2.11. The maximum atomic E-state index is 13.5. The van der Waals surface area contributed by atoms with Gasteiger partial charge in [0.2, 0.25) is 0 Å². The predicted octanol–water partition coefficient (Wildman–Crippen LogP) is 5.75. The van der Waals surface area contributed by atoms with Crippen LogP contribution in [0.3, 0.4) is 0 Å². The van der Waals surface area contributed by atoms with Gasteiger partial charge in [-0.05, 0) is 12.5 Å². The second-order valence-electron chi connectivity index (χ2n) is 5.75. The Kier molecular flexibility index (Phi) is 9.31. The summed E-state index contributed by atoms with van der Waals surface area (Å²) in [5.41, 5.74) is 6.71. The molecule has 2 heteroatoms. The van der Waals surface area contributed by atoms with E-state index in [0.29, 0.717) is 5.56 Å². The Morgan fingerprint density at radius 2 is 1.45 bits per heavy atom. The Morgan fingerprint density at radius 3 is 2.05 bits per heavy atom. The maximum absolute atomic E-state index is 13.5. The summed E-state index contributed by atoms with van der Waals surface area (Å²) >= 11 is 0. The summed E-state index contributed by atoms with van der Waals surface area (Å²) in [5.74, 6) is -0.170. The average Bonchev–Trinajstić information content (AvgIpc) is 2.46. The standard InChI is InChI=1S/C18H30FN/c1-2-3-4-5-6-7-8-9-10-15-18(20)16-13-11-12-14-17(16)19/h11-14,18H,2-10,15,20H2,1H3. The van der Waals surface area contributed by atoms with E-state index in [1.165, 1.54) is 57.4 Å². The molecule has 1 unspecified atom stereocenters. The van der Waals surface area contributed by atoms with Crippen molar-refractivity contribution in [3.63, 3.8) is 0 Å². The molecule has 1 nitrogen and oxygen atoms in total. The normalized spacial score (nSPS) is 12.6. The minimum Gasteiger partial charge on any atom is -0.324 e. The van der Waals surface area contributed by atoms with Crippen LogP contribution in [-0.2, 0) is 0 Å². The molecule has 20 heavy (non-hydrogen) atoms. The first-order chi connectivity index (χ1) is 9.75. The Morgan fingerprint density at radius 1 is 0.900 bits per heavy atom. The van der Waals surface area contributed by atoms with Crippen LogP contribution >= 0.6 is 0 Å². The van der Waals surface area contributed by atoms with Gasteiger partial charge in [-0.15, -0.1) is 0 Å². The van der Waals surface area contributed by atoms with Crippen molar-refractivity contribution in [1.82, 2.24) is 0 Å². The van der Waals surface area contributed by atoms with Crippen molar-refractivity contribution in [3.8, 4) is 0 Å². The Labute approximate surface area is 123 Å². The van der Waals surface area contributed by atoms with E-state index < -0.39 is 0 Å². The third kappa shape index (κ3) is 7.04. The van der Waals surface area contributed by atoms with Crippen LogP contribution in [0.1, 0.15) is 82.7 Å². The highest BCUT2D eigenvalue weighted by Gasteiger charge is 2.09. The van der Waals surface area contributed by atoms with Gasteiger partial charge in [-0.3, -0.25) is 0 Å². The van der Waals surface area contributed by atoms with Crippen molar-refractivity contribution in [2.45, 2.75) is 77.2 Å². The van der Waals surface area contributed by atoms with Crippen LogP contribution in [0, 0.1) is 5.82 Å². The molecule has 0 saturated heterocycles. The zero-order valence-corrected chi connectivity index (χ0v) is 12.9. The lowest BCUT2D eigenvalue weighted by atomic mass is 10.00. The smallest absolute Gasteiger partial charge is 0.127 e. The molecule has 0 aliphatic carbocycles. The average molecular weight is 279 g/mol. The van der Waals surface area contributed by atoms with Gasteiger partial charge >= 0.3 is 0 Å². The molecule has 2 N–H and O–H groups in total. The van der Waals surface area contributed by atoms with Crippen LogP contribution in [0.4, 0.5) is 4.39 Å². The van der Waals surface area contributed by atoms with E-state index in [2.05, 4.69) is 6.92 Å². The van der Waals surface area contributed by atoms with Crippen LogP contribution in [0.2, 0.25) is 0 Å². The minimum absolute atomic E-state index is 0.152. The van der Waals surface area contributed by atoms with Gasteiger partial charge in [-0.25, -0.2) is 4.39 Å². The molecule has 0 heterocycles. The highest BCUT2D eigenvalue weighted by molar-refractivity contribution is 5.20. The van der Waals surface area contributed by atoms with E-state index in [4.69, 9.17) is 5.73 Å². The van der Waals surface area contributed by atoms with Gasteiger partial charge in [-0.2, -0.15) is 0 Å². The maximum Gasteiger partial charge on any atom is 0.127 e.